The van der Waals surface area contributed by atoms with Crippen LogP contribution in [-0.2, 0) is 7.05 Å². The van der Waals surface area contributed by atoms with Gasteiger partial charge in [-0.2, -0.15) is 5.10 Å². The summed E-state index contributed by atoms with van der Waals surface area (Å²) in [4.78, 5) is 11.5. The van der Waals surface area contributed by atoms with Gasteiger partial charge >= 0.3 is 0 Å². The molecule has 1 aliphatic carbocycles. The molecule has 1 fully saturated rings. The van der Waals surface area contributed by atoms with Crippen LogP contribution in [0.2, 0.25) is 0 Å². The van der Waals surface area contributed by atoms with Crippen LogP contribution in [0, 0.1) is 0 Å². The van der Waals surface area contributed by atoms with E-state index >= 15 is 0 Å². The molecule has 1 amide bonds. The van der Waals surface area contributed by atoms with Crippen molar-refractivity contribution in [3.05, 3.63) is 18.0 Å². The van der Waals surface area contributed by atoms with E-state index in [2.05, 4.69) is 15.7 Å². The Morgan fingerprint density at radius 1 is 1.60 bits per heavy atom. The highest BCUT2D eigenvalue weighted by molar-refractivity contribution is 5.93. The van der Waals surface area contributed by atoms with Crippen LogP contribution in [0.25, 0.3) is 0 Å². The minimum absolute atomic E-state index is 0.0549. The lowest BCUT2D eigenvalue weighted by Crippen LogP contribution is -2.32. The maximum atomic E-state index is 11.5. The normalized spacial score (nSPS) is 15.3. The second kappa shape index (κ2) is 4.44. The summed E-state index contributed by atoms with van der Waals surface area (Å²) in [7, 11) is 1.80. The molecule has 0 atom stereocenters. The maximum absolute atomic E-state index is 11.5. The van der Waals surface area contributed by atoms with Gasteiger partial charge in [-0.3, -0.25) is 9.48 Å². The van der Waals surface area contributed by atoms with Gasteiger partial charge in [-0.1, -0.05) is 0 Å². The highest BCUT2D eigenvalue weighted by Gasteiger charge is 2.19. The molecule has 0 saturated heterocycles. The van der Waals surface area contributed by atoms with E-state index in [0.717, 1.165) is 6.54 Å². The fraction of sp³-hybridized carbons (Fsp3) is 0.600. The smallest absolute Gasteiger partial charge is 0.254 e. The molecule has 0 bridgehead atoms. The first kappa shape index (κ1) is 10.2. The molecule has 0 spiro atoms. The number of nitrogens with zero attached hydrogens (tertiary/aromatic N) is 2. The van der Waals surface area contributed by atoms with Crippen molar-refractivity contribution in [2.75, 3.05) is 13.1 Å². The summed E-state index contributed by atoms with van der Waals surface area (Å²) in [6.07, 6.45) is 5.83. The molecule has 0 aliphatic heterocycles. The lowest BCUT2D eigenvalue weighted by molar-refractivity contribution is 0.0954. The Labute approximate surface area is 88.8 Å². The molecule has 2 N–H and O–H groups in total. The molecule has 5 nitrogen and oxygen atoms in total. The molecule has 1 aliphatic rings. The van der Waals surface area contributed by atoms with E-state index in [4.69, 9.17) is 0 Å². The largest absolute Gasteiger partial charge is 0.351 e. The lowest BCUT2D eigenvalue weighted by Gasteiger charge is -2.04. The number of rotatable bonds is 5. The predicted octanol–water partition coefficient (Wildman–Crippen LogP) is -0.0981. The van der Waals surface area contributed by atoms with Crippen LogP contribution >= 0.6 is 0 Å². The van der Waals surface area contributed by atoms with Crippen molar-refractivity contribution in [2.24, 2.45) is 7.05 Å². The molecular formula is C10H16N4O. The van der Waals surface area contributed by atoms with Gasteiger partial charge in [-0.15, -0.1) is 0 Å². The number of carbonyl (C=O) groups is 1. The minimum atomic E-state index is -0.0549. The van der Waals surface area contributed by atoms with Crippen molar-refractivity contribution in [1.29, 1.82) is 0 Å². The van der Waals surface area contributed by atoms with E-state index in [1.165, 1.54) is 12.8 Å². The van der Waals surface area contributed by atoms with Crippen molar-refractivity contribution < 1.29 is 4.79 Å². The number of aromatic nitrogens is 2. The average molecular weight is 208 g/mol. The molecule has 0 radical (unpaired) electrons. The van der Waals surface area contributed by atoms with Crippen LogP contribution in [0.4, 0.5) is 0 Å². The molecule has 1 aromatic heterocycles. The zero-order valence-electron chi connectivity index (χ0n) is 8.86. The molecule has 1 saturated carbocycles. The van der Waals surface area contributed by atoms with E-state index in [-0.39, 0.29) is 5.91 Å². The van der Waals surface area contributed by atoms with Gasteiger partial charge in [0.2, 0.25) is 0 Å². The molecule has 0 unspecified atom stereocenters. The summed E-state index contributed by atoms with van der Waals surface area (Å²) in [6, 6.07) is 0.695. The number of carbonyl (C=O) groups excluding carboxylic acids is 1. The SMILES string of the molecule is Cn1cc(C(=O)NCCNC2CC2)cn1. The van der Waals surface area contributed by atoms with Gasteiger partial charge in [-0.05, 0) is 12.8 Å². The second-order valence-corrected chi connectivity index (χ2v) is 3.89. The Morgan fingerprint density at radius 3 is 3.00 bits per heavy atom. The number of aryl methyl sites for hydroxylation is 1. The van der Waals surface area contributed by atoms with Crippen LogP contribution in [0.5, 0.6) is 0 Å². The summed E-state index contributed by atoms with van der Waals surface area (Å²) >= 11 is 0. The molecule has 15 heavy (non-hydrogen) atoms. The Kier molecular flexibility index (Phi) is 3.01. The number of nitrogens with one attached hydrogen (secondary N) is 2. The standard InChI is InChI=1S/C10H16N4O/c1-14-7-8(6-13-14)10(15)12-5-4-11-9-2-3-9/h6-7,9,11H,2-5H2,1H3,(H,12,15). The van der Waals surface area contributed by atoms with Crippen molar-refractivity contribution in [2.45, 2.75) is 18.9 Å². The van der Waals surface area contributed by atoms with Crippen molar-refractivity contribution in [1.82, 2.24) is 20.4 Å². The first-order chi connectivity index (χ1) is 7.25. The van der Waals surface area contributed by atoms with Gasteiger partial charge in [0.1, 0.15) is 0 Å². The van der Waals surface area contributed by atoms with Crippen molar-refractivity contribution in [3.8, 4) is 0 Å². The van der Waals surface area contributed by atoms with Gasteiger partial charge in [0, 0.05) is 32.4 Å². The Balaban J connectivity index is 1.67. The maximum Gasteiger partial charge on any atom is 0.254 e. The van der Waals surface area contributed by atoms with Gasteiger partial charge in [0.15, 0.2) is 0 Å². The molecular weight excluding hydrogens is 192 g/mol. The van der Waals surface area contributed by atoms with E-state index in [1.54, 1.807) is 24.1 Å². The summed E-state index contributed by atoms with van der Waals surface area (Å²) in [5.41, 5.74) is 0.615. The van der Waals surface area contributed by atoms with Gasteiger partial charge < -0.3 is 10.6 Å². The van der Waals surface area contributed by atoms with Crippen molar-refractivity contribution in [3.63, 3.8) is 0 Å². The minimum Gasteiger partial charge on any atom is -0.351 e. The fourth-order valence-corrected chi connectivity index (χ4v) is 1.38. The fourth-order valence-electron chi connectivity index (χ4n) is 1.38. The third-order valence-corrected chi connectivity index (χ3v) is 2.39. The number of hydrogen-bond donors (Lipinski definition) is 2. The molecule has 82 valence electrons. The highest BCUT2D eigenvalue weighted by Crippen LogP contribution is 2.17. The summed E-state index contributed by atoms with van der Waals surface area (Å²) in [5, 5.41) is 10.1. The summed E-state index contributed by atoms with van der Waals surface area (Å²) in [6.45, 7) is 1.51. The average Bonchev–Trinajstić information content (AvgIpc) is 2.94. The highest BCUT2D eigenvalue weighted by atomic mass is 16.1. The van der Waals surface area contributed by atoms with Crippen LogP contribution in [0.3, 0.4) is 0 Å². The second-order valence-electron chi connectivity index (χ2n) is 3.89. The molecule has 0 aromatic carbocycles. The van der Waals surface area contributed by atoms with Crippen LogP contribution < -0.4 is 10.6 Å². The molecule has 1 aromatic rings. The zero-order valence-corrected chi connectivity index (χ0v) is 8.86. The third kappa shape index (κ3) is 3.06. The van der Waals surface area contributed by atoms with E-state index in [0.29, 0.717) is 18.2 Å². The first-order valence-corrected chi connectivity index (χ1v) is 5.26. The van der Waals surface area contributed by atoms with Crippen LogP contribution in [0.1, 0.15) is 23.2 Å². The topological polar surface area (TPSA) is 59.0 Å². The van der Waals surface area contributed by atoms with Crippen molar-refractivity contribution >= 4 is 5.91 Å². The lowest BCUT2D eigenvalue weighted by atomic mass is 10.3. The van der Waals surface area contributed by atoms with Crippen LogP contribution in [-0.4, -0.2) is 34.8 Å². The predicted molar refractivity (Wildman–Crippen MR) is 56.6 cm³/mol. The monoisotopic (exact) mass is 208 g/mol. The number of hydrogen-bond acceptors (Lipinski definition) is 3. The Hall–Kier alpha value is -1.36. The Bertz CT molecular complexity index is 343. The summed E-state index contributed by atoms with van der Waals surface area (Å²) in [5.74, 6) is -0.0549. The Morgan fingerprint density at radius 2 is 2.40 bits per heavy atom. The molecule has 2 rings (SSSR count). The van der Waals surface area contributed by atoms with E-state index < -0.39 is 0 Å². The quantitative estimate of drug-likeness (QED) is 0.664. The van der Waals surface area contributed by atoms with E-state index in [1.807, 2.05) is 0 Å². The van der Waals surface area contributed by atoms with Gasteiger partial charge in [0.25, 0.3) is 5.91 Å². The first-order valence-electron chi connectivity index (χ1n) is 5.26. The number of amides is 1. The van der Waals surface area contributed by atoms with Gasteiger partial charge in [0.05, 0.1) is 11.8 Å². The zero-order chi connectivity index (χ0) is 10.7. The van der Waals surface area contributed by atoms with Crippen LogP contribution in [0.15, 0.2) is 12.4 Å². The molecule has 1 heterocycles. The van der Waals surface area contributed by atoms with E-state index in [9.17, 15) is 4.79 Å². The summed E-state index contributed by atoms with van der Waals surface area (Å²) < 4.78 is 1.62. The van der Waals surface area contributed by atoms with Gasteiger partial charge in [-0.25, -0.2) is 0 Å². The molecule has 5 heteroatoms. The third-order valence-electron chi connectivity index (χ3n) is 2.39.